The van der Waals surface area contributed by atoms with Crippen molar-refractivity contribution >= 4 is 27.6 Å². The van der Waals surface area contributed by atoms with Gasteiger partial charge < -0.3 is 10.4 Å². The van der Waals surface area contributed by atoms with Gasteiger partial charge in [0.1, 0.15) is 0 Å². The Morgan fingerprint density at radius 3 is 2.78 bits per heavy atom. The van der Waals surface area contributed by atoms with Gasteiger partial charge in [0, 0.05) is 23.1 Å². The van der Waals surface area contributed by atoms with Crippen molar-refractivity contribution in [3.05, 3.63) is 28.2 Å². The highest BCUT2D eigenvalue weighted by molar-refractivity contribution is 9.10. The number of benzene rings is 1. The molecular formula is C13H15BrN2O2. The molecule has 0 aliphatic rings. The van der Waals surface area contributed by atoms with Crippen molar-refractivity contribution < 1.29 is 9.90 Å². The summed E-state index contributed by atoms with van der Waals surface area (Å²) in [4.78, 5) is 10.3. The van der Waals surface area contributed by atoms with Crippen LogP contribution < -0.4 is 5.32 Å². The summed E-state index contributed by atoms with van der Waals surface area (Å²) >= 11 is 3.40. The minimum absolute atomic E-state index is 0.237. The minimum atomic E-state index is -0.738. The van der Waals surface area contributed by atoms with Crippen molar-refractivity contribution in [3.8, 4) is 6.07 Å². The second-order valence-electron chi connectivity index (χ2n) is 3.94. The molecule has 0 spiro atoms. The summed E-state index contributed by atoms with van der Waals surface area (Å²) in [6, 6.07) is 7.47. The van der Waals surface area contributed by atoms with Crippen LogP contribution in [0.25, 0.3) is 0 Å². The SMILES string of the molecule is N#Cc1ccc(NCCCCCC(=O)O)c(Br)c1. The maximum absolute atomic E-state index is 10.3. The predicted molar refractivity (Wildman–Crippen MR) is 73.5 cm³/mol. The second kappa shape index (κ2) is 7.72. The van der Waals surface area contributed by atoms with Crippen LogP contribution in [-0.4, -0.2) is 17.6 Å². The Balaban J connectivity index is 2.27. The van der Waals surface area contributed by atoms with Gasteiger partial charge in [0.15, 0.2) is 0 Å². The van der Waals surface area contributed by atoms with Crippen LogP contribution in [0.15, 0.2) is 22.7 Å². The smallest absolute Gasteiger partial charge is 0.303 e. The third-order valence-electron chi connectivity index (χ3n) is 2.48. The molecule has 1 aromatic rings. The molecule has 0 saturated carbocycles. The normalized spacial score (nSPS) is 9.78. The minimum Gasteiger partial charge on any atom is -0.481 e. The number of halogens is 1. The van der Waals surface area contributed by atoms with Crippen LogP contribution in [0.3, 0.4) is 0 Å². The van der Waals surface area contributed by atoms with E-state index in [1.807, 2.05) is 6.07 Å². The molecule has 18 heavy (non-hydrogen) atoms. The number of nitrogens with one attached hydrogen (secondary N) is 1. The summed E-state index contributed by atoms with van der Waals surface area (Å²) in [5, 5.41) is 20.5. The van der Waals surface area contributed by atoms with Crippen LogP contribution >= 0.6 is 15.9 Å². The Morgan fingerprint density at radius 1 is 1.39 bits per heavy atom. The molecule has 0 radical (unpaired) electrons. The van der Waals surface area contributed by atoms with Gasteiger partial charge in [0.05, 0.1) is 11.6 Å². The van der Waals surface area contributed by atoms with Gasteiger partial charge in [-0.2, -0.15) is 5.26 Å². The van der Waals surface area contributed by atoms with Crippen LogP contribution in [0.5, 0.6) is 0 Å². The molecule has 0 aromatic heterocycles. The molecular weight excluding hydrogens is 296 g/mol. The summed E-state index contributed by atoms with van der Waals surface area (Å²) in [5.74, 6) is -0.738. The molecule has 0 atom stereocenters. The fourth-order valence-electron chi connectivity index (χ4n) is 1.53. The van der Waals surface area contributed by atoms with Gasteiger partial charge in [-0.15, -0.1) is 0 Å². The molecule has 2 N–H and O–H groups in total. The number of rotatable bonds is 7. The molecule has 0 bridgehead atoms. The molecule has 0 saturated heterocycles. The van der Waals surface area contributed by atoms with Crippen molar-refractivity contribution in [2.75, 3.05) is 11.9 Å². The van der Waals surface area contributed by atoms with E-state index in [-0.39, 0.29) is 6.42 Å². The standard InChI is InChI=1S/C13H15BrN2O2/c14-11-8-10(9-15)5-6-12(11)16-7-3-1-2-4-13(17)18/h5-6,8,16H,1-4,7H2,(H,17,18). The van der Waals surface area contributed by atoms with Crippen molar-refractivity contribution in [1.82, 2.24) is 0 Å². The third-order valence-corrected chi connectivity index (χ3v) is 3.14. The first-order valence-corrected chi connectivity index (χ1v) is 6.58. The molecule has 5 heteroatoms. The summed E-state index contributed by atoms with van der Waals surface area (Å²) in [5.41, 5.74) is 1.57. The average Bonchev–Trinajstić information content (AvgIpc) is 2.34. The third kappa shape index (κ3) is 5.19. The van der Waals surface area contributed by atoms with E-state index in [4.69, 9.17) is 10.4 Å². The van der Waals surface area contributed by atoms with Gasteiger partial charge in [0.25, 0.3) is 0 Å². The van der Waals surface area contributed by atoms with E-state index in [1.165, 1.54) is 0 Å². The molecule has 1 aromatic carbocycles. The first kappa shape index (κ1) is 14.5. The number of unbranched alkanes of at least 4 members (excludes halogenated alkanes) is 2. The van der Waals surface area contributed by atoms with Crippen molar-refractivity contribution in [3.63, 3.8) is 0 Å². The van der Waals surface area contributed by atoms with Gasteiger partial charge in [-0.25, -0.2) is 0 Å². The Bertz CT molecular complexity index is 455. The molecule has 0 aliphatic heterocycles. The molecule has 4 nitrogen and oxygen atoms in total. The molecule has 0 aliphatic carbocycles. The highest BCUT2D eigenvalue weighted by Gasteiger charge is 2.01. The molecule has 0 amide bonds. The summed E-state index contributed by atoms with van der Waals surface area (Å²) in [6.45, 7) is 0.796. The van der Waals surface area contributed by atoms with E-state index < -0.39 is 5.97 Å². The Morgan fingerprint density at radius 2 is 2.17 bits per heavy atom. The fraction of sp³-hybridized carbons (Fsp3) is 0.385. The van der Waals surface area contributed by atoms with E-state index in [1.54, 1.807) is 12.1 Å². The van der Waals surface area contributed by atoms with Gasteiger partial charge in [-0.05, 0) is 47.0 Å². The van der Waals surface area contributed by atoms with E-state index in [9.17, 15) is 4.79 Å². The largest absolute Gasteiger partial charge is 0.481 e. The van der Waals surface area contributed by atoms with Gasteiger partial charge in [-0.1, -0.05) is 6.42 Å². The van der Waals surface area contributed by atoms with Gasteiger partial charge in [0.2, 0.25) is 0 Å². The lowest BCUT2D eigenvalue weighted by molar-refractivity contribution is -0.137. The maximum Gasteiger partial charge on any atom is 0.303 e. The quantitative estimate of drug-likeness (QED) is 0.757. The Kier molecular flexibility index (Phi) is 6.23. The Labute approximate surface area is 115 Å². The number of hydrogen-bond donors (Lipinski definition) is 2. The number of aliphatic carboxylic acids is 1. The zero-order valence-corrected chi connectivity index (χ0v) is 11.5. The number of carboxylic acids is 1. The molecule has 0 heterocycles. The number of carboxylic acid groups (broad SMARTS) is 1. The lowest BCUT2D eigenvalue weighted by Gasteiger charge is -2.08. The number of hydrogen-bond acceptors (Lipinski definition) is 3. The lowest BCUT2D eigenvalue weighted by atomic mass is 10.2. The van der Waals surface area contributed by atoms with Crippen LogP contribution in [0.2, 0.25) is 0 Å². The van der Waals surface area contributed by atoms with E-state index in [0.29, 0.717) is 12.0 Å². The van der Waals surface area contributed by atoms with E-state index >= 15 is 0 Å². The number of anilines is 1. The van der Waals surface area contributed by atoms with Crippen molar-refractivity contribution in [1.29, 1.82) is 5.26 Å². The summed E-state index contributed by atoms with van der Waals surface area (Å²) in [7, 11) is 0. The zero-order chi connectivity index (χ0) is 13.4. The highest BCUT2D eigenvalue weighted by atomic mass is 79.9. The predicted octanol–water partition coefficient (Wildman–Crippen LogP) is 3.38. The fourth-order valence-corrected chi connectivity index (χ4v) is 2.05. The first-order chi connectivity index (χ1) is 8.63. The van der Waals surface area contributed by atoms with Crippen molar-refractivity contribution in [2.45, 2.75) is 25.7 Å². The highest BCUT2D eigenvalue weighted by Crippen LogP contribution is 2.23. The molecule has 1 rings (SSSR count). The monoisotopic (exact) mass is 310 g/mol. The topological polar surface area (TPSA) is 73.1 Å². The van der Waals surface area contributed by atoms with Crippen LogP contribution in [0, 0.1) is 11.3 Å². The first-order valence-electron chi connectivity index (χ1n) is 5.79. The average molecular weight is 311 g/mol. The summed E-state index contributed by atoms with van der Waals surface area (Å²) in [6.07, 6.45) is 2.78. The van der Waals surface area contributed by atoms with Gasteiger partial charge >= 0.3 is 5.97 Å². The molecule has 0 fully saturated rings. The Hall–Kier alpha value is -1.54. The van der Waals surface area contributed by atoms with E-state index in [2.05, 4.69) is 27.3 Å². The maximum atomic E-state index is 10.3. The van der Waals surface area contributed by atoms with Crippen LogP contribution in [-0.2, 0) is 4.79 Å². The van der Waals surface area contributed by atoms with Crippen LogP contribution in [0.4, 0.5) is 5.69 Å². The zero-order valence-electron chi connectivity index (χ0n) is 9.95. The second-order valence-corrected chi connectivity index (χ2v) is 4.79. The number of carbonyl (C=O) groups is 1. The van der Waals surface area contributed by atoms with Crippen LogP contribution in [0.1, 0.15) is 31.2 Å². The van der Waals surface area contributed by atoms with Gasteiger partial charge in [-0.3, -0.25) is 4.79 Å². The molecule has 0 unspecified atom stereocenters. The molecule has 96 valence electrons. The number of nitriles is 1. The lowest BCUT2D eigenvalue weighted by Crippen LogP contribution is -2.03. The number of nitrogens with zero attached hydrogens (tertiary/aromatic N) is 1. The summed E-state index contributed by atoms with van der Waals surface area (Å²) < 4.78 is 0.868. The van der Waals surface area contributed by atoms with E-state index in [0.717, 1.165) is 29.5 Å². The van der Waals surface area contributed by atoms with Crippen molar-refractivity contribution in [2.24, 2.45) is 0 Å².